The van der Waals surface area contributed by atoms with Crippen molar-refractivity contribution in [3.8, 4) is 0 Å². The standard InChI is InChI=1S/C33H34Cl2N4O8/c1-33(2,3)47-25(42)17-15-22(40)30(46-32(45)26-20(34)11-7-12-21(26)35)38-29(43)27-28(31(44)39-18-8-13-23(39)36-27)37-24(41)16-14-19-9-5-4-6-10-19/h4-7,9-12,30H,8,13-18H2,1-3H3,(H,37,41)(H,38,43). The summed E-state index contributed by atoms with van der Waals surface area (Å²) >= 11 is 12.3. The molecule has 2 N–H and O–H groups in total. The number of amides is 2. The minimum Gasteiger partial charge on any atom is -0.460 e. The Kier molecular flexibility index (Phi) is 11.5. The van der Waals surface area contributed by atoms with Gasteiger partial charge in [-0.1, -0.05) is 59.6 Å². The Morgan fingerprint density at radius 1 is 0.957 bits per heavy atom. The van der Waals surface area contributed by atoms with Gasteiger partial charge in [-0.25, -0.2) is 9.78 Å². The molecule has 0 bridgehead atoms. The third kappa shape index (κ3) is 9.49. The molecule has 1 aliphatic heterocycles. The van der Waals surface area contributed by atoms with E-state index >= 15 is 0 Å². The number of carbonyl (C=O) groups excluding carboxylic acids is 5. The normalized spacial score (nSPS) is 12.9. The monoisotopic (exact) mass is 684 g/mol. The zero-order valence-corrected chi connectivity index (χ0v) is 27.6. The molecule has 12 nitrogen and oxygen atoms in total. The van der Waals surface area contributed by atoms with Crippen LogP contribution in [0, 0.1) is 0 Å². The molecule has 0 saturated carbocycles. The van der Waals surface area contributed by atoms with E-state index in [1.165, 1.54) is 22.8 Å². The molecule has 1 aliphatic rings. The van der Waals surface area contributed by atoms with Crippen molar-refractivity contribution >= 4 is 58.4 Å². The van der Waals surface area contributed by atoms with Gasteiger partial charge in [-0.05, 0) is 51.3 Å². The van der Waals surface area contributed by atoms with Crippen molar-refractivity contribution in [1.82, 2.24) is 14.9 Å². The number of fused-ring (bicyclic) bond motifs is 1. The Labute approximate surface area is 280 Å². The maximum atomic E-state index is 13.7. The number of aromatic nitrogens is 2. The van der Waals surface area contributed by atoms with E-state index in [1.54, 1.807) is 20.8 Å². The third-order valence-corrected chi connectivity index (χ3v) is 7.57. The Balaban J connectivity index is 1.61. The molecule has 47 heavy (non-hydrogen) atoms. The van der Waals surface area contributed by atoms with Gasteiger partial charge in [0.15, 0.2) is 11.5 Å². The number of esters is 2. The second-order valence-electron chi connectivity index (χ2n) is 11.8. The number of halogens is 2. The largest absolute Gasteiger partial charge is 0.460 e. The number of hydrogen-bond donors (Lipinski definition) is 2. The van der Waals surface area contributed by atoms with Crippen LogP contribution in [0.3, 0.4) is 0 Å². The molecule has 0 saturated heterocycles. The first-order valence-electron chi connectivity index (χ1n) is 14.9. The summed E-state index contributed by atoms with van der Waals surface area (Å²) < 4.78 is 12.0. The van der Waals surface area contributed by atoms with Crippen LogP contribution in [0.1, 0.15) is 78.7 Å². The topological polar surface area (TPSA) is 163 Å². The van der Waals surface area contributed by atoms with E-state index in [-0.39, 0.29) is 34.1 Å². The molecule has 14 heteroatoms. The fraction of sp³-hybridized carbons (Fsp3) is 0.364. The molecule has 3 aromatic rings. The lowest BCUT2D eigenvalue weighted by molar-refractivity contribution is -0.156. The maximum Gasteiger partial charge on any atom is 0.343 e. The summed E-state index contributed by atoms with van der Waals surface area (Å²) in [5, 5.41) is 4.69. The minimum absolute atomic E-state index is 0.00818. The van der Waals surface area contributed by atoms with Crippen LogP contribution in [0.5, 0.6) is 0 Å². The average molecular weight is 686 g/mol. The van der Waals surface area contributed by atoms with Crippen molar-refractivity contribution in [1.29, 1.82) is 0 Å². The highest BCUT2D eigenvalue weighted by molar-refractivity contribution is 6.39. The van der Waals surface area contributed by atoms with E-state index in [0.717, 1.165) is 5.56 Å². The van der Waals surface area contributed by atoms with E-state index in [1.807, 2.05) is 30.3 Å². The van der Waals surface area contributed by atoms with Crippen molar-refractivity contribution in [2.24, 2.45) is 0 Å². The molecule has 4 rings (SSSR count). The molecule has 248 valence electrons. The molecule has 1 aromatic heterocycles. The highest BCUT2D eigenvalue weighted by Crippen LogP contribution is 2.26. The number of nitrogens with zero attached hydrogens (tertiary/aromatic N) is 2. The van der Waals surface area contributed by atoms with Crippen molar-refractivity contribution in [2.75, 3.05) is 5.32 Å². The number of ether oxygens (including phenoxy) is 2. The predicted molar refractivity (Wildman–Crippen MR) is 173 cm³/mol. The van der Waals surface area contributed by atoms with Gasteiger partial charge in [-0.3, -0.25) is 28.5 Å². The fourth-order valence-corrected chi connectivity index (χ4v) is 5.32. The van der Waals surface area contributed by atoms with E-state index in [4.69, 9.17) is 32.7 Å². The zero-order valence-electron chi connectivity index (χ0n) is 26.1. The summed E-state index contributed by atoms with van der Waals surface area (Å²) in [4.78, 5) is 83.2. The Morgan fingerprint density at radius 3 is 2.30 bits per heavy atom. The highest BCUT2D eigenvalue weighted by Gasteiger charge is 2.32. The Bertz CT molecular complexity index is 1730. The maximum absolute atomic E-state index is 13.7. The summed E-state index contributed by atoms with van der Waals surface area (Å²) in [5.74, 6) is -3.99. The van der Waals surface area contributed by atoms with E-state index in [0.29, 0.717) is 31.6 Å². The number of anilines is 1. The molecule has 0 radical (unpaired) electrons. The van der Waals surface area contributed by atoms with Crippen LogP contribution >= 0.6 is 23.2 Å². The molecule has 2 heterocycles. The lowest BCUT2D eigenvalue weighted by atomic mass is 10.1. The number of carbonyl (C=O) groups is 5. The number of benzene rings is 2. The van der Waals surface area contributed by atoms with Gasteiger partial charge in [0.05, 0.1) is 22.0 Å². The Hall–Kier alpha value is -4.55. The molecule has 0 spiro atoms. The van der Waals surface area contributed by atoms with Gasteiger partial charge in [-0.15, -0.1) is 0 Å². The van der Waals surface area contributed by atoms with Crippen molar-refractivity contribution in [3.63, 3.8) is 0 Å². The van der Waals surface area contributed by atoms with E-state index in [2.05, 4.69) is 15.6 Å². The van der Waals surface area contributed by atoms with E-state index < -0.39 is 59.0 Å². The fourth-order valence-electron chi connectivity index (χ4n) is 4.77. The van der Waals surface area contributed by atoms with Crippen LogP contribution in [0.4, 0.5) is 5.69 Å². The molecule has 1 unspecified atom stereocenters. The molecule has 1 atom stereocenters. The van der Waals surface area contributed by atoms with Crippen molar-refractivity contribution in [2.45, 2.75) is 77.7 Å². The van der Waals surface area contributed by atoms with Gasteiger partial charge in [0.2, 0.25) is 12.1 Å². The second kappa shape index (κ2) is 15.4. The van der Waals surface area contributed by atoms with Crippen LogP contribution in [-0.4, -0.2) is 50.9 Å². The molecular weight excluding hydrogens is 651 g/mol. The van der Waals surface area contributed by atoms with Gasteiger partial charge in [0.1, 0.15) is 17.1 Å². The number of aryl methyl sites for hydroxylation is 2. The number of hydrogen-bond acceptors (Lipinski definition) is 9. The number of nitrogens with one attached hydrogen (secondary N) is 2. The first-order valence-corrected chi connectivity index (χ1v) is 15.7. The number of rotatable bonds is 12. The van der Waals surface area contributed by atoms with Gasteiger partial charge < -0.3 is 20.1 Å². The number of ketones is 1. The van der Waals surface area contributed by atoms with Gasteiger partial charge >= 0.3 is 11.9 Å². The van der Waals surface area contributed by atoms with Crippen molar-refractivity contribution < 1.29 is 33.4 Å². The second-order valence-corrected chi connectivity index (χ2v) is 12.6. The average Bonchev–Trinajstić information content (AvgIpc) is 3.48. The quantitative estimate of drug-likeness (QED) is 0.204. The highest BCUT2D eigenvalue weighted by atomic mass is 35.5. The smallest absolute Gasteiger partial charge is 0.343 e. The van der Waals surface area contributed by atoms with Crippen LogP contribution in [0.25, 0.3) is 0 Å². The summed E-state index contributed by atoms with van der Waals surface area (Å²) in [7, 11) is 0. The van der Waals surface area contributed by atoms with E-state index in [9.17, 15) is 28.8 Å². The summed E-state index contributed by atoms with van der Waals surface area (Å²) in [6.45, 7) is 5.33. The van der Waals surface area contributed by atoms with Crippen molar-refractivity contribution in [3.05, 3.63) is 91.6 Å². The van der Waals surface area contributed by atoms with Crippen LogP contribution < -0.4 is 16.2 Å². The molecule has 2 amide bonds. The first kappa shape index (κ1) is 35.3. The van der Waals surface area contributed by atoms with Crippen LogP contribution in [0.2, 0.25) is 10.0 Å². The SMILES string of the molecule is CC(C)(C)OC(=O)CCC(=O)C(NC(=O)c1nc2n(c(=O)c1NC(=O)CCc1ccccc1)CCC2)OC(=O)c1c(Cl)cccc1Cl. The molecule has 2 aromatic carbocycles. The van der Waals surface area contributed by atoms with Gasteiger partial charge in [0, 0.05) is 25.8 Å². The minimum atomic E-state index is -1.95. The summed E-state index contributed by atoms with van der Waals surface area (Å²) in [6.07, 6.45) is -1.44. The lowest BCUT2D eigenvalue weighted by Crippen LogP contribution is -2.45. The molecule has 0 aliphatic carbocycles. The van der Waals surface area contributed by atoms with Crippen LogP contribution in [0.15, 0.2) is 53.3 Å². The van der Waals surface area contributed by atoms with Gasteiger partial charge in [0.25, 0.3) is 11.5 Å². The molecular formula is C33H34Cl2N4O8. The van der Waals surface area contributed by atoms with Crippen LogP contribution in [-0.2, 0) is 43.2 Å². The zero-order chi connectivity index (χ0) is 34.3. The number of Topliss-reactive ketones (excluding diaryl/α,β-unsaturated/α-hetero) is 1. The summed E-state index contributed by atoms with van der Waals surface area (Å²) in [5.41, 5.74) is -1.65. The lowest BCUT2D eigenvalue weighted by Gasteiger charge is -2.21. The first-order chi connectivity index (χ1) is 22.2. The summed E-state index contributed by atoms with van der Waals surface area (Å²) in [6, 6.07) is 13.5. The predicted octanol–water partition coefficient (Wildman–Crippen LogP) is 4.67. The van der Waals surface area contributed by atoms with Gasteiger partial charge in [-0.2, -0.15) is 0 Å². The molecule has 0 fully saturated rings. The third-order valence-electron chi connectivity index (χ3n) is 6.94. The Morgan fingerprint density at radius 2 is 1.64 bits per heavy atom.